The first-order chi connectivity index (χ1) is 5.15. The molecule has 2 N–H and O–H groups in total. The van der Waals surface area contributed by atoms with Gasteiger partial charge in [-0.15, -0.1) is 11.3 Å². The first kappa shape index (κ1) is 9.23. The van der Waals surface area contributed by atoms with Gasteiger partial charge in [-0.25, -0.2) is 0 Å². The third-order valence-corrected chi connectivity index (χ3v) is 3.71. The Morgan fingerprint density at radius 1 is 1.73 bits per heavy atom. The molecule has 0 radical (unpaired) electrons. The van der Waals surface area contributed by atoms with Crippen molar-refractivity contribution >= 4 is 27.3 Å². The van der Waals surface area contributed by atoms with Crippen molar-refractivity contribution in [3.63, 3.8) is 0 Å². The minimum absolute atomic E-state index is 0.197. The van der Waals surface area contributed by atoms with Gasteiger partial charge in [-0.1, -0.05) is 6.92 Å². The summed E-state index contributed by atoms with van der Waals surface area (Å²) >= 11 is 5.26. The van der Waals surface area contributed by atoms with Gasteiger partial charge in [-0.3, -0.25) is 0 Å². The van der Waals surface area contributed by atoms with Crippen LogP contribution >= 0.6 is 27.3 Å². The lowest BCUT2D eigenvalue weighted by molar-refractivity contribution is 0.709. The van der Waals surface area contributed by atoms with E-state index in [9.17, 15) is 0 Å². The molecule has 1 atom stereocenters. The van der Waals surface area contributed by atoms with Crippen molar-refractivity contribution in [3.05, 3.63) is 20.3 Å². The fraction of sp³-hybridized carbons (Fsp3) is 0.500. The molecule has 0 fully saturated rings. The third kappa shape index (κ3) is 2.04. The molecule has 0 saturated heterocycles. The summed E-state index contributed by atoms with van der Waals surface area (Å²) in [5, 5.41) is 0. The summed E-state index contributed by atoms with van der Waals surface area (Å²) in [6, 6.07) is 2.32. The van der Waals surface area contributed by atoms with E-state index in [0.717, 1.165) is 10.9 Å². The van der Waals surface area contributed by atoms with Crippen molar-refractivity contribution in [2.24, 2.45) is 5.73 Å². The van der Waals surface area contributed by atoms with Crippen LogP contribution in [-0.4, -0.2) is 0 Å². The van der Waals surface area contributed by atoms with Gasteiger partial charge in [-0.2, -0.15) is 0 Å². The molecule has 0 aliphatic carbocycles. The topological polar surface area (TPSA) is 26.0 Å². The van der Waals surface area contributed by atoms with E-state index < -0.39 is 0 Å². The molecule has 0 saturated carbocycles. The molecular formula is C8H12BrNS. The summed E-state index contributed by atoms with van der Waals surface area (Å²) in [7, 11) is 0. The van der Waals surface area contributed by atoms with Crippen LogP contribution in [0.15, 0.2) is 10.5 Å². The van der Waals surface area contributed by atoms with Crippen molar-refractivity contribution in [3.8, 4) is 0 Å². The highest BCUT2D eigenvalue weighted by atomic mass is 79.9. The number of hydrogen-bond donors (Lipinski definition) is 1. The Kier molecular flexibility index (Phi) is 3.10. The zero-order valence-corrected chi connectivity index (χ0v) is 9.13. The minimum Gasteiger partial charge on any atom is -0.323 e. The molecule has 11 heavy (non-hydrogen) atoms. The molecule has 0 aliphatic rings. The summed E-state index contributed by atoms with van der Waals surface area (Å²) in [4.78, 5) is 2.58. The molecule has 1 aromatic rings. The second-order valence-corrected chi connectivity index (χ2v) is 4.73. The van der Waals surface area contributed by atoms with Gasteiger partial charge >= 0.3 is 0 Å². The molecule has 1 heterocycles. The van der Waals surface area contributed by atoms with Crippen molar-refractivity contribution in [2.75, 3.05) is 0 Å². The van der Waals surface area contributed by atoms with Crippen LogP contribution in [-0.2, 0) is 0 Å². The van der Waals surface area contributed by atoms with Crippen LogP contribution in [0.25, 0.3) is 0 Å². The Morgan fingerprint density at radius 2 is 2.36 bits per heavy atom. The highest BCUT2D eigenvalue weighted by molar-refractivity contribution is 9.10. The first-order valence-corrected chi connectivity index (χ1v) is 5.27. The SMILES string of the molecule is CCC(N)c1sc(C)cc1Br. The molecule has 0 spiro atoms. The number of hydrogen-bond acceptors (Lipinski definition) is 2. The van der Waals surface area contributed by atoms with E-state index in [0.29, 0.717) is 0 Å². The third-order valence-electron chi connectivity index (χ3n) is 1.61. The van der Waals surface area contributed by atoms with Crippen LogP contribution in [0.5, 0.6) is 0 Å². The van der Waals surface area contributed by atoms with Gasteiger partial charge in [0.2, 0.25) is 0 Å². The van der Waals surface area contributed by atoms with Crippen molar-refractivity contribution < 1.29 is 0 Å². The first-order valence-electron chi connectivity index (χ1n) is 3.66. The van der Waals surface area contributed by atoms with E-state index in [4.69, 9.17) is 5.73 Å². The zero-order chi connectivity index (χ0) is 8.43. The van der Waals surface area contributed by atoms with Crippen molar-refractivity contribution in [2.45, 2.75) is 26.3 Å². The van der Waals surface area contributed by atoms with Crippen LogP contribution < -0.4 is 5.73 Å². The lowest BCUT2D eigenvalue weighted by Gasteiger charge is -2.05. The largest absolute Gasteiger partial charge is 0.323 e. The molecular weight excluding hydrogens is 222 g/mol. The molecule has 1 aromatic heterocycles. The van der Waals surface area contributed by atoms with E-state index in [2.05, 4.69) is 35.8 Å². The maximum atomic E-state index is 5.89. The smallest absolute Gasteiger partial charge is 0.0398 e. The molecule has 1 nitrogen and oxygen atoms in total. The second kappa shape index (κ2) is 3.70. The number of rotatable bonds is 2. The van der Waals surface area contributed by atoms with Gasteiger partial charge in [0.1, 0.15) is 0 Å². The lowest BCUT2D eigenvalue weighted by Crippen LogP contribution is -2.06. The zero-order valence-electron chi connectivity index (χ0n) is 6.73. The Morgan fingerprint density at radius 3 is 2.73 bits per heavy atom. The van der Waals surface area contributed by atoms with Gasteiger partial charge in [-0.05, 0) is 35.3 Å². The molecule has 62 valence electrons. The molecule has 0 aromatic carbocycles. The van der Waals surface area contributed by atoms with Crippen LogP contribution in [0.2, 0.25) is 0 Å². The molecule has 0 bridgehead atoms. The van der Waals surface area contributed by atoms with Gasteiger partial charge in [0, 0.05) is 20.3 Å². The van der Waals surface area contributed by atoms with Crippen molar-refractivity contribution in [1.82, 2.24) is 0 Å². The van der Waals surface area contributed by atoms with E-state index >= 15 is 0 Å². The fourth-order valence-corrected chi connectivity index (χ4v) is 2.97. The monoisotopic (exact) mass is 233 g/mol. The van der Waals surface area contributed by atoms with E-state index in [-0.39, 0.29) is 6.04 Å². The van der Waals surface area contributed by atoms with Gasteiger partial charge in [0.15, 0.2) is 0 Å². The average Bonchev–Trinajstić information content (AvgIpc) is 2.28. The predicted molar refractivity (Wildman–Crippen MR) is 54.0 cm³/mol. The quantitative estimate of drug-likeness (QED) is 0.835. The molecule has 1 unspecified atom stereocenters. The van der Waals surface area contributed by atoms with E-state index in [1.54, 1.807) is 11.3 Å². The highest BCUT2D eigenvalue weighted by Crippen LogP contribution is 2.32. The van der Waals surface area contributed by atoms with E-state index in [1.165, 1.54) is 9.75 Å². The van der Waals surface area contributed by atoms with Crippen molar-refractivity contribution in [1.29, 1.82) is 0 Å². The predicted octanol–water partition coefficient (Wildman–Crippen LogP) is 3.23. The Hall–Kier alpha value is 0.140. The highest BCUT2D eigenvalue weighted by Gasteiger charge is 2.10. The Bertz CT molecular complexity index is 244. The van der Waals surface area contributed by atoms with Gasteiger partial charge in [0.05, 0.1) is 0 Å². The number of nitrogens with two attached hydrogens (primary N) is 1. The minimum atomic E-state index is 0.197. The number of aryl methyl sites for hydroxylation is 1. The maximum absolute atomic E-state index is 5.89. The molecule has 0 amide bonds. The summed E-state index contributed by atoms with van der Waals surface area (Å²) in [5.41, 5.74) is 5.89. The summed E-state index contributed by atoms with van der Waals surface area (Å²) < 4.78 is 1.16. The maximum Gasteiger partial charge on any atom is 0.0398 e. The lowest BCUT2D eigenvalue weighted by atomic mass is 10.2. The standard InChI is InChI=1S/C8H12BrNS/c1-3-7(10)8-6(9)4-5(2)11-8/h4,7H,3,10H2,1-2H3. The second-order valence-electron chi connectivity index (χ2n) is 2.58. The van der Waals surface area contributed by atoms with Crippen LogP contribution in [0, 0.1) is 6.92 Å². The molecule has 1 rings (SSSR count). The molecule has 0 aliphatic heterocycles. The Labute approximate surface area is 79.7 Å². The summed E-state index contributed by atoms with van der Waals surface area (Å²) in [5.74, 6) is 0. The van der Waals surface area contributed by atoms with Gasteiger partial charge in [0.25, 0.3) is 0 Å². The van der Waals surface area contributed by atoms with Crippen LogP contribution in [0.4, 0.5) is 0 Å². The van der Waals surface area contributed by atoms with E-state index in [1.807, 2.05) is 0 Å². The number of thiophene rings is 1. The Balaban J connectivity index is 2.93. The average molecular weight is 234 g/mol. The fourth-order valence-electron chi connectivity index (χ4n) is 0.939. The number of halogens is 1. The summed E-state index contributed by atoms with van der Waals surface area (Å²) in [6.45, 7) is 4.20. The normalized spacial score (nSPS) is 13.5. The molecule has 3 heteroatoms. The van der Waals surface area contributed by atoms with Crippen LogP contribution in [0.1, 0.15) is 29.1 Å². The van der Waals surface area contributed by atoms with Crippen LogP contribution in [0.3, 0.4) is 0 Å². The van der Waals surface area contributed by atoms with Gasteiger partial charge < -0.3 is 5.73 Å². The summed E-state index contributed by atoms with van der Waals surface area (Å²) in [6.07, 6.45) is 0.999.